The molecule has 0 bridgehead atoms. The number of amides is 1. The van der Waals surface area contributed by atoms with Gasteiger partial charge in [0.25, 0.3) is 5.69 Å². The second-order valence-electron chi connectivity index (χ2n) is 5.60. The summed E-state index contributed by atoms with van der Waals surface area (Å²) in [5, 5.41) is 22.8. The van der Waals surface area contributed by atoms with Crippen LogP contribution in [0, 0.1) is 10.1 Å². The second-order valence-corrected chi connectivity index (χ2v) is 5.60. The highest BCUT2D eigenvalue weighted by Gasteiger charge is 2.55. The molecule has 2 aromatic carbocycles. The van der Waals surface area contributed by atoms with Crippen molar-refractivity contribution in [3.8, 4) is 0 Å². The summed E-state index contributed by atoms with van der Waals surface area (Å²) in [6.45, 7) is -1.05. The van der Waals surface area contributed by atoms with Crippen LogP contribution >= 0.6 is 0 Å². The lowest BCUT2D eigenvalue weighted by atomic mass is 9.93. The Hall–Kier alpha value is -2.94. The SMILES string of the molecule is O=C(Cc1ccc([N+](=O)[O-])cc1)NCC(O)(c1ccccc1)C(F)(F)F. The van der Waals surface area contributed by atoms with Crippen LogP contribution in [-0.2, 0) is 16.8 Å². The van der Waals surface area contributed by atoms with Crippen LogP contribution < -0.4 is 5.32 Å². The van der Waals surface area contributed by atoms with Crippen molar-refractivity contribution in [3.63, 3.8) is 0 Å². The fraction of sp³-hybridized carbons (Fsp3) is 0.235. The normalized spacial score (nSPS) is 13.7. The van der Waals surface area contributed by atoms with E-state index >= 15 is 0 Å². The molecule has 138 valence electrons. The minimum absolute atomic E-state index is 0.162. The molecule has 0 spiro atoms. The number of nitro groups is 1. The van der Waals surface area contributed by atoms with Crippen molar-refractivity contribution in [2.45, 2.75) is 18.2 Å². The summed E-state index contributed by atoms with van der Waals surface area (Å²) in [6, 6.07) is 11.5. The molecule has 0 aliphatic carbocycles. The Morgan fingerprint density at radius 2 is 1.65 bits per heavy atom. The first-order valence-corrected chi connectivity index (χ1v) is 7.48. The van der Waals surface area contributed by atoms with Gasteiger partial charge in [0.2, 0.25) is 11.5 Å². The Labute approximate surface area is 146 Å². The van der Waals surface area contributed by atoms with Gasteiger partial charge in [-0.15, -0.1) is 0 Å². The summed E-state index contributed by atoms with van der Waals surface area (Å²) in [5.41, 5.74) is -3.38. The van der Waals surface area contributed by atoms with Gasteiger partial charge in [-0.05, 0) is 11.1 Å². The highest BCUT2D eigenvalue weighted by atomic mass is 19.4. The Morgan fingerprint density at radius 3 is 2.15 bits per heavy atom. The smallest absolute Gasteiger partial charge is 0.375 e. The van der Waals surface area contributed by atoms with Crippen molar-refractivity contribution in [1.29, 1.82) is 0 Å². The number of carbonyl (C=O) groups excluding carboxylic acids is 1. The average molecular weight is 368 g/mol. The van der Waals surface area contributed by atoms with E-state index in [1.807, 2.05) is 0 Å². The van der Waals surface area contributed by atoms with Crippen LogP contribution in [0.15, 0.2) is 54.6 Å². The molecule has 0 aliphatic rings. The summed E-state index contributed by atoms with van der Waals surface area (Å²) in [5.74, 6) is -0.752. The molecule has 0 heterocycles. The van der Waals surface area contributed by atoms with E-state index in [0.29, 0.717) is 5.56 Å². The molecule has 0 saturated heterocycles. The molecule has 1 unspecified atom stereocenters. The van der Waals surface area contributed by atoms with Gasteiger partial charge in [0.15, 0.2) is 0 Å². The number of halogens is 3. The van der Waals surface area contributed by atoms with Crippen molar-refractivity contribution in [2.75, 3.05) is 6.54 Å². The van der Waals surface area contributed by atoms with E-state index < -0.39 is 29.2 Å². The van der Waals surface area contributed by atoms with Gasteiger partial charge in [-0.25, -0.2) is 0 Å². The van der Waals surface area contributed by atoms with Gasteiger partial charge in [0.1, 0.15) is 0 Å². The molecule has 6 nitrogen and oxygen atoms in total. The molecule has 2 rings (SSSR count). The first-order valence-electron chi connectivity index (χ1n) is 7.48. The number of carbonyl (C=O) groups is 1. The van der Waals surface area contributed by atoms with Gasteiger partial charge in [0.05, 0.1) is 17.9 Å². The summed E-state index contributed by atoms with van der Waals surface area (Å²) >= 11 is 0. The Balaban J connectivity index is 2.07. The quantitative estimate of drug-likeness (QED) is 0.606. The molecular formula is C17H15F3N2O4. The van der Waals surface area contributed by atoms with Gasteiger partial charge < -0.3 is 10.4 Å². The minimum Gasteiger partial charge on any atom is -0.375 e. The molecule has 1 amide bonds. The van der Waals surface area contributed by atoms with E-state index in [2.05, 4.69) is 5.32 Å². The second kappa shape index (κ2) is 7.52. The molecule has 9 heteroatoms. The maximum absolute atomic E-state index is 13.3. The lowest BCUT2D eigenvalue weighted by Gasteiger charge is -2.31. The van der Waals surface area contributed by atoms with E-state index in [4.69, 9.17) is 0 Å². The van der Waals surface area contributed by atoms with E-state index in [1.54, 1.807) is 0 Å². The number of nitrogens with zero attached hydrogens (tertiary/aromatic N) is 1. The third kappa shape index (κ3) is 4.37. The lowest BCUT2D eigenvalue weighted by Crippen LogP contribution is -2.51. The van der Waals surface area contributed by atoms with Crippen molar-refractivity contribution in [3.05, 3.63) is 75.8 Å². The maximum Gasteiger partial charge on any atom is 0.423 e. The Bertz CT molecular complexity index is 779. The summed E-state index contributed by atoms with van der Waals surface area (Å²) < 4.78 is 40.0. The summed E-state index contributed by atoms with van der Waals surface area (Å²) in [6.07, 6.45) is -5.27. The van der Waals surface area contributed by atoms with Gasteiger partial charge in [-0.3, -0.25) is 14.9 Å². The van der Waals surface area contributed by atoms with Crippen LogP contribution in [0.1, 0.15) is 11.1 Å². The van der Waals surface area contributed by atoms with Crippen molar-refractivity contribution in [1.82, 2.24) is 5.32 Å². The molecule has 2 N–H and O–H groups in total. The van der Waals surface area contributed by atoms with Crippen LogP contribution in [0.5, 0.6) is 0 Å². The predicted octanol–water partition coefficient (Wildman–Crippen LogP) is 2.70. The number of benzene rings is 2. The number of nitro benzene ring substituents is 1. The van der Waals surface area contributed by atoms with Crippen LogP contribution in [0.4, 0.5) is 18.9 Å². The van der Waals surface area contributed by atoms with Crippen LogP contribution in [0.3, 0.4) is 0 Å². The lowest BCUT2D eigenvalue weighted by molar-refractivity contribution is -0.384. The molecule has 0 radical (unpaired) electrons. The van der Waals surface area contributed by atoms with Crippen LogP contribution in [-0.4, -0.2) is 28.7 Å². The molecule has 0 aromatic heterocycles. The molecule has 2 aromatic rings. The summed E-state index contributed by atoms with van der Waals surface area (Å²) in [4.78, 5) is 21.9. The van der Waals surface area contributed by atoms with Crippen molar-refractivity contribution < 1.29 is 28.0 Å². The fourth-order valence-electron chi connectivity index (χ4n) is 2.29. The Morgan fingerprint density at radius 1 is 1.08 bits per heavy atom. The monoisotopic (exact) mass is 368 g/mol. The van der Waals surface area contributed by atoms with Gasteiger partial charge >= 0.3 is 6.18 Å². The molecule has 0 fully saturated rings. The van der Waals surface area contributed by atoms with E-state index in [-0.39, 0.29) is 17.7 Å². The fourth-order valence-corrected chi connectivity index (χ4v) is 2.29. The number of rotatable bonds is 6. The predicted molar refractivity (Wildman–Crippen MR) is 86.2 cm³/mol. The average Bonchev–Trinajstić information content (AvgIpc) is 2.60. The zero-order chi connectivity index (χ0) is 19.4. The largest absolute Gasteiger partial charge is 0.423 e. The minimum atomic E-state index is -4.99. The standard InChI is InChI=1S/C17H15F3N2O4/c18-17(19,20)16(24,13-4-2-1-3-5-13)11-21-15(23)10-12-6-8-14(9-7-12)22(25)26/h1-9,24H,10-11H2,(H,21,23). The summed E-state index contributed by atoms with van der Waals surface area (Å²) in [7, 11) is 0. The number of hydrogen-bond donors (Lipinski definition) is 2. The van der Waals surface area contributed by atoms with Crippen LogP contribution in [0.25, 0.3) is 0 Å². The molecule has 0 aliphatic heterocycles. The van der Waals surface area contributed by atoms with Gasteiger partial charge in [-0.1, -0.05) is 42.5 Å². The van der Waals surface area contributed by atoms with Crippen LogP contribution in [0.2, 0.25) is 0 Å². The molecular weight excluding hydrogens is 353 g/mol. The Kier molecular flexibility index (Phi) is 5.61. The highest BCUT2D eigenvalue weighted by Crippen LogP contribution is 2.38. The first-order chi connectivity index (χ1) is 12.1. The van der Waals surface area contributed by atoms with Crippen molar-refractivity contribution in [2.24, 2.45) is 0 Å². The van der Waals surface area contributed by atoms with E-state index in [0.717, 1.165) is 12.1 Å². The number of aliphatic hydroxyl groups is 1. The maximum atomic E-state index is 13.3. The zero-order valence-electron chi connectivity index (χ0n) is 13.4. The number of non-ortho nitro benzene ring substituents is 1. The number of nitrogens with one attached hydrogen (secondary N) is 1. The topological polar surface area (TPSA) is 92.5 Å². The first kappa shape index (κ1) is 19.4. The zero-order valence-corrected chi connectivity index (χ0v) is 13.4. The van der Waals surface area contributed by atoms with Gasteiger partial charge in [-0.2, -0.15) is 13.2 Å². The number of hydrogen-bond acceptors (Lipinski definition) is 4. The molecule has 0 saturated carbocycles. The highest BCUT2D eigenvalue weighted by molar-refractivity contribution is 5.78. The third-order valence-corrected chi connectivity index (χ3v) is 3.77. The van der Waals surface area contributed by atoms with Crippen molar-refractivity contribution >= 4 is 11.6 Å². The molecule has 1 atom stereocenters. The van der Waals surface area contributed by atoms with E-state index in [1.165, 1.54) is 42.5 Å². The number of alkyl halides is 3. The molecule has 26 heavy (non-hydrogen) atoms. The third-order valence-electron chi connectivity index (χ3n) is 3.77. The van der Waals surface area contributed by atoms with E-state index in [9.17, 15) is 33.2 Å². The van der Waals surface area contributed by atoms with Gasteiger partial charge in [0, 0.05) is 12.1 Å².